The lowest BCUT2D eigenvalue weighted by molar-refractivity contribution is -0.0617. The first kappa shape index (κ1) is 12.9. The Morgan fingerprint density at radius 1 is 0.714 bits per heavy atom. The molecule has 0 aromatic rings. The van der Waals surface area contributed by atoms with Crippen molar-refractivity contribution in [1.29, 1.82) is 0 Å². The van der Waals surface area contributed by atoms with Gasteiger partial charge in [-0.25, -0.2) is 0 Å². The number of nitrogens with zero attached hydrogens (tertiary/aromatic N) is 2. The molecule has 0 fully saturated rings. The summed E-state index contributed by atoms with van der Waals surface area (Å²) in [5.41, 5.74) is -2.86. The van der Waals surface area contributed by atoms with Gasteiger partial charge in [0.25, 0.3) is 0 Å². The zero-order valence-electron chi connectivity index (χ0n) is 7.16. The van der Waals surface area contributed by atoms with Crippen molar-refractivity contribution in [3.8, 4) is 0 Å². The van der Waals surface area contributed by atoms with E-state index in [1.807, 2.05) is 0 Å². The molecule has 0 aliphatic heterocycles. The smallest absolute Gasteiger partial charge is 0.165 e. The maximum Gasteiger partial charge on any atom is 0.431 e. The van der Waals surface area contributed by atoms with Crippen LogP contribution in [0.25, 0.3) is 0 Å². The summed E-state index contributed by atoms with van der Waals surface area (Å²) in [6.45, 7) is 1.07. The first-order chi connectivity index (χ1) is 6.05. The fourth-order valence-corrected chi connectivity index (χ4v) is 0.263. The molecule has 0 radical (unpaired) electrons. The van der Waals surface area contributed by atoms with E-state index < -0.39 is 23.8 Å². The van der Waals surface area contributed by atoms with Crippen LogP contribution in [0.2, 0.25) is 0 Å². The Balaban J connectivity index is 4.73. The van der Waals surface area contributed by atoms with Crippen LogP contribution in [0, 0.1) is 0 Å². The zero-order chi connectivity index (χ0) is 11.6. The van der Waals surface area contributed by atoms with E-state index in [9.17, 15) is 26.3 Å². The van der Waals surface area contributed by atoms with Crippen LogP contribution >= 0.6 is 0 Å². The third-order valence-electron chi connectivity index (χ3n) is 1.17. The summed E-state index contributed by atoms with van der Waals surface area (Å²) in [6, 6.07) is 0. The van der Waals surface area contributed by atoms with Gasteiger partial charge in [0.05, 0.1) is 0 Å². The second kappa shape index (κ2) is 3.97. The van der Waals surface area contributed by atoms with E-state index in [0.717, 1.165) is 0 Å². The van der Waals surface area contributed by atoms with Gasteiger partial charge in [-0.05, 0) is 13.8 Å². The molecular formula is C6H6F6N2. The molecule has 0 bridgehead atoms. The highest BCUT2D eigenvalue weighted by atomic mass is 19.4. The lowest BCUT2D eigenvalue weighted by atomic mass is 10.4. The summed E-state index contributed by atoms with van der Waals surface area (Å²) < 4.78 is 70.3. The van der Waals surface area contributed by atoms with Crippen molar-refractivity contribution in [3.05, 3.63) is 0 Å². The van der Waals surface area contributed by atoms with Gasteiger partial charge in [-0.15, -0.1) is 0 Å². The summed E-state index contributed by atoms with van der Waals surface area (Å²) in [6.07, 6.45) is -9.51. The molecule has 0 N–H and O–H groups in total. The number of hydrogen-bond acceptors (Lipinski definition) is 2. The number of halogens is 6. The molecule has 0 spiro atoms. The van der Waals surface area contributed by atoms with E-state index in [4.69, 9.17) is 0 Å². The molecule has 8 heteroatoms. The quantitative estimate of drug-likeness (QED) is 0.368. The van der Waals surface area contributed by atoms with Gasteiger partial charge in [0.1, 0.15) is 11.4 Å². The molecule has 0 unspecified atom stereocenters. The van der Waals surface area contributed by atoms with Gasteiger partial charge in [-0.1, -0.05) is 0 Å². The molecule has 0 atom stereocenters. The van der Waals surface area contributed by atoms with Crippen molar-refractivity contribution >= 4 is 11.4 Å². The number of hydrogen-bond donors (Lipinski definition) is 0. The van der Waals surface area contributed by atoms with Gasteiger partial charge in [0.15, 0.2) is 0 Å². The molecule has 0 amide bonds. The molecule has 0 rings (SSSR count). The molecule has 14 heavy (non-hydrogen) atoms. The van der Waals surface area contributed by atoms with E-state index in [1.54, 1.807) is 0 Å². The highest BCUT2D eigenvalue weighted by molar-refractivity contribution is 5.90. The van der Waals surface area contributed by atoms with Gasteiger partial charge in [0.2, 0.25) is 0 Å². The average Bonchev–Trinajstić information content (AvgIpc) is 1.95. The van der Waals surface area contributed by atoms with Crippen LogP contribution in [-0.2, 0) is 0 Å². The second-order valence-corrected chi connectivity index (χ2v) is 2.37. The maximum atomic E-state index is 11.7. The topological polar surface area (TPSA) is 24.7 Å². The predicted molar refractivity (Wildman–Crippen MR) is 38.3 cm³/mol. The standard InChI is InChI=1S/C6H6F6N2/c1-3(5(7,8)9)13-14-4(2)6(10,11)12/h1-2H3/b13-3-,14-4+. The van der Waals surface area contributed by atoms with Crippen molar-refractivity contribution in [2.75, 3.05) is 0 Å². The lowest BCUT2D eigenvalue weighted by Gasteiger charge is -2.04. The fourth-order valence-electron chi connectivity index (χ4n) is 0.263. The summed E-state index contributed by atoms with van der Waals surface area (Å²) in [4.78, 5) is 0. The normalized spacial score (nSPS) is 16.0. The minimum absolute atomic E-state index is 0.535. The molecule has 0 aromatic carbocycles. The Bertz CT molecular complexity index is 230. The molecule has 0 heterocycles. The number of alkyl halides is 6. The van der Waals surface area contributed by atoms with Crippen LogP contribution in [0.5, 0.6) is 0 Å². The Kier molecular flexibility index (Phi) is 3.66. The minimum atomic E-state index is -4.75. The Morgan fingerprint density at radius 2 is 0.929 bits per heavy atom. The highest BCUT2D eigenvalue weighted by Gasteiger charge is 2.34. The summed E-state index contributed by atoms with van der Waals surface area (Å²) in [7, 11) is 0. The van der Waals surface area contributed by atoms with Crippen LogP contribution < -0.4 is 0 Å². The molecular weight excluding hydrogens is 214 g/mol. The Hall–Kier alpha value is -1.08. The van der Waals surface area contributed by atoms with Crippen LogP contribution in [0.15, 0.2) is 10.2 Å². The van der Waals surface area contributed by atoms with E-state index in [2.05, 4.69) is 10.2 Å². The van der Waals surface area contributed by atoms with Gasteiger partial charge < -0.3 is 0 Å². The van der Waals surface area contributed by atoms with Crippen molar-refractivity contribution < 1.29 is 26.3 Å². The van der Waals surface area contributed by atoms with Crippen molar-refractivity contribution in [3.63, 3.8) is 0 Å². The van der Waals surface area contributed by atoms with Gasteiger partial charge in [0, 0.05) is 0 Å². The Labute approximate surface area is 75.3 Å². The van der Waals surface area contributed by atoms with E-state index in [0.29, 0.717) is 13.8 Å². The first-order valence-corrected chi connectivity index (χ1v) is 3.28. The first-order valence-electron chi connectivity index (χ1n) is 3.28. The fraction of sp³-hybridized carbons (Fsp3) is 0.667. The summed E-state index contributed by atoms with van der Waals surface area (Å²) in [5.74, 6) is 0. The summed E-state index contributed by atoms with van der Waals surface area (Å²) in [5, 5.41) is 4.84. The monoisotopic (exact) mass is 220 g/mol. The van der Waals surface area contributed by atoms with Crippen LogP contribution in [0.4, 0.5) is 26.3 Å². The maximum absolute atomic E-state index is 11.7. The van der Waals surface area contributed by atoms with Crippen molar-refractivity contribution in [2.24, 2.45) is 10.2 Å². The third-order valence-corrected chi connectivity index (χ3v) is 1.17. The van der Waals surface area contributed by atoms with Gasteiger partial charge >= 0.3 is 12.4 Å². The molecule has 0 saturated carbocycles. The van der Waals surface area contributed by atoms with Gasteiger partial charge in [-0.3, -0.25) is 0 Å². The van der Waals surface area contributed by atoms with E-state index in [1.165, 1.54) is 0 Å². The number of rotatable bonds is 1. The predicted octanol–water partition coefficient (Wildman–Crippen LogP) is 2.95. The van der Waals surface area contributed by atoms with Crippen LogP contribution in [0.3, 0.4) is 0 Å². The minimum Gasteiger partial charge on any atom is -0.165 e. The largest absolute Gasteiger partial charge is 0.431 e. The molecule has 0 aromatic heterocycles. The molecule has 0 aliphatic rings. The second-order valence-electron chi connectivity index (χ2n) is 2.37. The lowest BCUT2D eigenvalue weighted by Crippen LogP contribution is -2.21. The van der Waals surface area contributed by atoms with Crippen LogP contribution in [0.1, 0.15) is 13.8 Å². The van der Waals surface area contributed by atoms with Gasteiger partial charge in [-0.2, -0.15) is 36.5 Å². The highest BCUT2D eigenvalue weighted by Crippen LogP contribution is 2.19. The zero-order valence-corrected chi connectivity index (χ0v) is 7.16. The van der Waals surface area contributed by atoms with Crippen molar-refractivity contribution in [2.45, 2.75) is 26.2 Å². The third kappa shape index (κ3) is 4.24. The average molecular weight is 220 g/mol. The molecule has 0 saturated heterocycles. The Morgan fingerprint density at radius 3 is 1.07 bits per heavy atom. The molecule has 0 aliphatic carbocycles. The molecule has 2 nitrogen and oxygen atoms in total. The SMILES string of the molecule is C/C(=N/N=C(\C)C(F)(F)F)C(F)(F)F. The van der Waals surface area contributed by atoms with Crippen molar-refractivity contribution in [1.82, 2.24) is 0 Å². The van der Waals surface area contributed by atoms with E-state index >= 15 is 0 Å². The summed E-state index contributed by atoms with van der Waals surface area (Å²) >= 11 is 0. The molecule has 82 valence electrons. The van der Waals surface area contributed by atoms with Crippen LogP contribution in [-0.4, -0.2) is 23.8 Å². The van der Waals surface area contributed by atoms with E-state index in [-0.39, 0.29) is 0 Å².